The van der Waals surface area contributed by atoms with Gasteiger partial charge in [0.1, 0.15) is 5.75 Å². The van der Waals surface area contributed by atoms with Crippen LogP contribution in [0.5, 0.6) is 5.75 Å². The van der Waals surface area contributed by atoms with Gasteiger partial charge in [-0.1, -0.05) is 24.3 Å². The van der Waals surface area contributed by atoms with Gasteiger partial charge in [-0.05, 0) is 38.0 Å². The minimum atomic E-state index is -3.78. The van der Waals surface area contributed by atoms with Gasteiger partial charge in [0.05, 0.1) is 29.6 Å². The van der Waals surface area contributed by atoms with E-state index < -0.39 is 23.3 Å². The Hall–Kier alpha value is -3.75. The number of anilines is 2. The van der Waals surface area contributed by atoms with Gasteiger partial charge >= 0.3 is 5.92 Å². The molecule has 1 atom stereocenters. The van der Waals surface area contributed by atoms with Crippen LogP contribution in [0.2, 0.25) is 0 Å². The Labute approximate surface area is 196 Å². The second-order valence-corrected chi connectivity index (χ2v) is 7.99. The Kier molecular flexibility index (Phi) is 7.99. The van der Waals surface area contributed by atoms with Crippen LogP contribution in [0, 0.1) is 0 Å². The van der Waals surface area contributed by atoms with E-state index in [1.807, 2.05) is 31.2 Å². The highest BCUT2D eigenvalue weighted by molar-refractivity contribution is 5.93. The molecule has 1 aromatic heterocycles. The Balaban J connectivity index is 1.56. The lowest BCUT2D eigenvalue weighted by Crippen LogP contribution is -2.39. The molecule has 2 aromatic carbocycles. The van der Waals surface area contributed by atoms with Crippen molar-refractivity contribution in [3.8, 4) is 5.75 Å². The highest BCUT2D eigenvalue weighted by Gasteiger charge is 2.42. The van der Waals surface area contributed by atoms with Gasteiger partial charge in [0.2, 0.25) is 5.91 Å². The zero-order valence-electron chi connectivity index (χ0n) is 19.3. The highest BCUT2D eigenvalue weighted by Crippen LogP contribution is 2.34. The van der Waals surface area contributed by atoms with Gasteiger partial charge in [0.25, 0.3) is 5.91 Å². The maximum atomic E-state index is 14.8. The fraction of sp³-hybridized carbons (Fsp3) is 0.320. The minimum absolute atomic E-state index is 0.00443. The first-order valence-electron chi connectivity index (χ1n) is 10.9. The molecule has 2 amide bonds. The molecule has 0 radical (unpaired) electrons. The number of ether oxygens (including phenoxy) is 1. The van der Waals surface area contributed by atoms with Crippen molar-refractivity contribution in [2.24, 2.45) is 0 Å². The van der Waals surface area contributed by atoms with Gasteiger partial charge in [-0.3, -0.25) is 14.6 Å². The lowest BCUT2D eigenvalue weighted by Gasteiger charge is -2.20. The van der Waals surface area contributed by atoms with Gasteiger partial charge in [0, 0.05) is 37.2 Å². The Morgan fingerprint density at radius 3 is 2.62 bits per heavy atom. The number of hydrogen-bond donors (Lipinski definition) is 3. The number of nitrogens with one attached hydrogen (secondary N) is 3. The molecule has 180 valence electrons. The van der Waals surface area contributed by atoms with Crippen LogP contribution in [-0.2, 0) is 15.5 Å². The number of amides is 2. The molecule has 0 bridgehead atoms. The maximum absolute atomic E-state index is 14.8. The van der Waals surface area contributed by atoms with E-state index in [0.717, 1.165) is 22.7 Å². The molecule has 0 saturated heterocycles. The Morgan fingerprint density at radius 1 is 1.12 bits per heavy atom. The zero-order valence-corrected chi connectivity index (χ0v) is 19.3. The summed E-state index contributed by atoms with van der Waals surface area (Å²) in [5.41, 5.74) is 0.982. The lowest BCUT2D eigenvalue weighted by molar-refractivity contribution is -0.146. The van der Waals surface area contributed by atoms with Crippen molar-refractivity contribution in [1.82, 2.24) is 10.3 Å². The van der Waals surface area contributed by atoms with E-state index in [0.29, 0.717) is 18.6 Å². The second-order valence-electron chi connectivity index (χ2n) is 7.99. The SMILES string of the molecule is COc1cc(NC(C)CCCNC(=O)C(F)(F)c2ccccc2NC(C)=O)c2ncccc2c1. The molecular weight excluding hydrogens is 442 g/mol. The Morgan fingerprint density at radius 2 is 1.88 bits per heavy atom. The van der Waals surface area contributed by atoms with Crippen molar-refractivity contribution in [3.05, 3.63) is 60.3 Å². The van der Waals surface area contributed by atoms with Gasteiger partial charge in [-0.25, -0.2) is 0 Å². The molecule has 1 heterocycles. The molecule has 0 aliphatic rings. The third-order valence-corrected chi connectivity index (χ3v) is 5.28. The fourth-order valence-corrected chi connectivity index (χ4v) is 3.63. The molecule has 3 N–H and O–H groups in total. The third-order valence-electron chi connectivity index (χ3n) is 5.28. The largest absolute Gasteiger partial charge is 0.497 e. The number of benzene rings is 2. The molecule has 0 spiro atoms. The van der Waals surface area contributed by atoms with Crippen LogP contribution in [0.4, 0.5) is 20.2 Å². The van der Waals surface area contributed by atoms with Crippen molar-refractivity contribution in [2.75, 3.05) is 24.3 Å². The maximum Gasteiger partial charge on any atom is 0.351 e. The number of pyridine rings is 1. The van der Waals surface area contributed by atoms with Crippen LogP contribution in [0.25, 0.3) is 10.9 Å². The summed E-state index contributed by atoms with van der Waals surface area (Å²) in [4.78, 5) is 28.0. The molecule has 0 aliphatic heterocycles. The van der Waals surface area contributed by atoms with Crippen molar-refractivity contribution < 1.29 is 23.1 Å². The normalized spacial score (nSPS) is 12.1. The van der Waals surface area contributed by atoms with E-state index in [9.17, 15) is 18.4 Å². The van der Waals surface area contributed by atoms with Gasteiger partial charge in [-0.15, -0.1) is 0 Å². The summed E-state index contributed by atoms with van der Waals surface area (Å²) >= 11 is 0. The summed E-state index contributed by atoms with van der Waals surface area (Å²) in [6.07, 6.45) is 2.82. The molecule has 34 heavy (non-hydrogen) atoms. The number of aromatic nitrogens is 1. The smallest absolute Gasteiger partial charge is 0.351 e. The molecule has 9 heteroatoms. The lowest BCUT2D eigenvalue weighted by atomic mass is 10.0. The summed E-state index contributed by atoms with van der Waals surface area (Å²) in [6, 6.07) is 12.9. The first kappa shape index (κ1) is 24.9. The van der Waals surface area contributed by atoms with Crippen LogP contribution in [0.1, 0.15) is 32.3 Å². The number of para-hydroxylation sites is 1. The van der Waals surface area contributed by atoms with Crippen LogP contribution in [0.15, 0.2) is 54.7 Å². The molecule has 1 unspecified atom stereocenters. The standard InChI is InChI=1S/C25H28F2N4O3/c1-16(30-22-15-19(34-3)14-18-9-7-12-28-23(18)22)8-6-13-29-24(33)25(26,27)20-10-4-5-11-21(20)31-17(2)32/h4-5,7,9-12,14-16,30H,6,8,13H2,1-3H3,(H,29,33)(H,31,32). The first-order valence-corrected chi connectivity index (χ1v) is 10.9. The van der Waals surface area contributed by atoms with Gasteiger partial charge in [0.15, 0.2) is 0 Å². The molecule has 7 nitrogen and oxygen atoms in total. The fourth-order valence-electron chi connectivity index (χ4n) is 3.63. The van der Waals surface area contributed by atoms with Crippen molar-refractivity contribution in [3.63, 3.8) is 0 Å². The van der Waals surface area contributed by atoms with E-state index in [1.165, 1.54) is 25.1 Å². The molecule has 0 aliphatic carbocycles. The number of alkyl halides is 2. The van der Waals surface area contributed by atoms with Crippen LogP contribution >= 0.6 is 0 Å². The first-order chi connectivity index (χ1) is 16.2. The van der Waals surface area contributed by atoms with E-state index in [-0.39, 0.29) is 18.3 Å². The number of methoxy groups -OCH3 is 1. The number of nitrogens with zero attached hydrogens (tertiary/aromatic N) is 1. The second kappa shape index (κ2) is 10.9. The zero-order chi connectivity index (χ0) is 24.7. The van der Waals surface area contributed by atoms with Crippen molar-refractivity contribution in [2.45, 2.75) is 38.7 Å². The van der Waals surface area contributed by atoms with Gasteiger partial charge in [-0.2, -0.15) is 8.78 Å². The number of halogens is 2. The summed E-state index contributed by atoms with van der Waals surface area (Å²) in [5.74, 6) is -4.99. The third kappa shape index (κ3) is 5.98. The number of hydrogen-bond acceptors (Lipinski definition) is 5. The van der Waals surface area contributed by atoms with Crippen LogP contribution in [0.3, 0.4) is 0 Å². The molecule has 0 saturated carbocycles. The Bertz CT molecular complexity index is 1170. The number of carbonyl (C=O) groups is 2. The quantitative estimate of drug-likeness (QED) is 0.374. The van der Waals surface area contributed by atoms with E-state index in [4.69, 9.17) is 4.74 Å². The number of carbonyl (C=O) groups excluding carboxylic acids is 2. The summed E-state index contributed by atoms with van der Waals surface area (Å²) < 4.78 is 34.9. The van der Waals surface area contributed by atoms with Crippen molar-refractivity contribution >= 4 is 34.1 Å². The number of fused-ring (bicyclic) bond motifs is 1. The predicted octanol–water partition coefficient (Wildman–Crippen LogP) is 4.69. The van der Waals surface area contributed by atoms with E-state index >= 15 is 0 Å². The monoisotopic (exact) mass is 470 g/mol. The minimum Gasteiger partial charge on any atom is -0.497 e. The topological polar surface area (TPSA) is 92.4 Å². The number of rotatable bonds is 10. The van der Waals surface area contributed by atoms with E-state index in [2.05, 4.69) is 20.9 Å². The average Bonchev–Trinajstić information content (AvgIpc) is 2.81. The predicted molar refractivity (Wildman–Crippen MR) is 128 cm³/mol. The molecular formula is C25H28F2N4O3. The summed E-state index contributed by atoms with van der Waals surface area (Å²) in [6.45, 7) is 3.27. The van der Waals surface area contributed by atoms with Crippen LogP contribution in [-0.4, -0.2) is 36.5 Å². The highest BCUT2D eigenvalue weighted by atomic mass is 19.3. The summed E-state index contributed by atoms with van der Waals surface area (Å²) in [7, 11) is 1.60. The van der Waals surface area contributed by atoms with Crippen LogP contribution < -0.4 is 20.7 Å². The summed E-state index contributed by atoms with van der Waals surface area (Å²) in [5, 5.41) is 8.97. The average molecular weight is 471 g/mol. The molecule has 0 fully saturated rings. The molecule has 3 rings (SSSR count). The van der Waals surface area contributed by atoms with E-state index in [1.54, 1.807) is 13.3 Å². The van der Waals surface area contributed by atoms with Crippen molar-refractivity contribution in [1.29, 1.82) is 0 Å². The molecule has 3 aromatic rings. The van der Waals surface area contributed by atoms with Gasteiger partial charge < -0.3 is 20.7 Å².